The Balaban J connectivity index is 1.88. The Bertz CT molecular complexity index is 342. The van der Waals surface area contributed by atoms with Gasteiger partial charge in [-0.1, -0.05) is 37.6 Å². The lowest BCUT2D eigenvalue weighted by Crippen LogP contribution is -2.25. The van der Waals surface area contributed by atoms with Crippen LogP contribution in [0.5, 0.6) is 0 Å². The van der Waals surface area contributed by atoms with Crippen molar-refractivity contribution in [3.05, 3.63) is 23.8 Å². The zero-order valence-corrected chi connectivity index (χ0v) is 12.8. The van der Waals surface area contributed by atoms with Crippen LogP contribution in [-0.2, 0) is 0 Å². The van der Waals surface area contributed by atoms with Gasteiger partial charge in [-0.25, -0.2) is 0 Å². The number of hydrogen-bond acceptors (Lipinski definition) is 1. The van der Waals surface area contributed by atoms with Crippen molar-refractivity contribution in [2.75, 3.05) is 0 Å². The van der Waals surface area contributed by atoms with Crippen LogP contribution in [0, 0.1) is 23.7 Å². The molecule has 0 saturated carbocycles. The summed E-state index contributed by atoms with van der Waals surface area (Å²) in [6, 6.07) is 0. The first-order chi connectivity index (χ1) is 9.10. The van der Waals surface area contributed by atoms with E-state index in [0.29, 0.717) is 17.8 Å². The van der Waals surface area contributed by atoms with Crippen molar-refractivity contribution < 1.29 is 5.11 Å². The van der Waals surface area contributed by atoms with E-state index in [0.717, 1.165) is 18.8 Å². The van der Waals surface area contributed by atoms with Gasteiger partial charge in [0.25, 0.3) is 0 Å². The lowest BCUT2D eigenvalue weighted by Gasteiger charge is -2.31. The Morgan fingerprint density at radius 3 is 2.58 bits per heavy atom. The van der Waals surface area contributed by atoms with Gasteiger partial charge in [0, 0.05) is 5.92 Å². The molecule has 0 spiro atoms. The summed E-state index contributed by atoms with van der Waals surface area (Å²) < 4.78 is 0. The Morgan fingerprint density at radius 2 is 2.00 bits per heavy atom. The van der Waals surface area contributed by atoms with Gasteiger partial charge in [-0.2, -0.15) is 0 Å². The largest absolute Gasteiger partial charge is 0.392 e. The SMILES string of the molecule is CCC1CC[C@@H](CC(O)C2C=C[C@H](C)CC2)C=C1C. The van der Waals surface area contributed by atoms with Gasteiger partial charge in [0.15, 0.2) is 0 Å². The molecule has 0 radical (unpaired) electrons. The van der Waals surface area contributed by atoms with Gasteiger partial charge in [-0.15, -0.1) is 0 Å². The molecule has 0 heterocycles. The lowest BCUT2D eigenvalue weighted by atomic mass is 9.77. The summed E-state index contributed by atoms with van der Waals surface area (Å²) in [4.78, 5) is 0. The van der Waals surface area contributed by atoms with E-state index in [-0.39, 0.29) is 6.10 Å². The molecule has 2 rings (SSSR count). The molecule has 3 unspecified atom stereocenters. The molecule has 19 heavy (non-hydrogen) atoms. The van der Waals surface area contributed by atoms with Crippen LogP contribution >= 0.6 is 0 Å². The average molecular weight is 262 g/mol. The zero-order chi connectivity index (χ0) is 13.8. The van der Waals surface area contributed by atoms with Gasteiger partial charge < -0.3 is 5.11 Å². The molecule has 1 N–H and O–H groups in total. The molecule has 0 bridgehead atoms. The molecular weight excluding hydrogens is 232 g/mol. The number of hydrogen-bond donors (Lipinski definition) is 1. The quantitative estimate of drug-likeness (QED) is 0.727. The van der Waals surface area contributed by atoms with Crippen LogP contribution in [-0.4, -0.2) is 11.2 Å². The highest BCUT2D eigenvalue weighted by Gasteiger charge is 2.25. The summed E-state index contributed by atoms with van der Waals surface area (Å²) in [6.07, 6.45) is 14.0. The fraction of sp³-hybridized carbons (Fsp3) is 0.778. The number of allylic oxidation sites excluding steroid dienone is 3. The summed E-state index contributed by atoms with van der Waals surface area (Å²) in [5, 5.41) is 10.4. The fourth-order valence-corrected chi connectivity index (χ4v) is 3.73. The van der Waals surface area contributed by atoms with Crippen molar-refractivity contribution in [3.63, 3.8) is 0 Å². The van der Waals surface area contributed by atoms with Crippen LogP contribution in [0.1, 0.15) is 59.3 Å². The molecule has 2 aliphatic rings. The Kier molecular flexibility index (Phi) is 5.27. The maximum Gasteiger partial charge on any atom is 0.0608 e. The Hall–Kier alpha value is -0.560. The third-order valence-corrected chi connectivity index (χ3v) is 5.20. The highest BCUT2D eigenvalue weighted by molar-refractivity contribution is 5.10. The predicted molar refractivity (Wildman–Crippen MR) is 81.9 cm³/mol. The standard InChI is InChI=1S/C18H30O/c1-4-16-10-7-15(11-14(16)3)12-18(19)17-8-5-13(2)6-9-17/h5,8,11,13,15-19H,4,6-7,9-10,12H2,1-3H3/t13-,15+,16?,17?,18?/m0/s1. The third kappa shape index (κ3) is 3.95. The molecule has 0 fully saturated rings. The molecule has 1 heteroatoms. The summed E-state index contributed by atoms with van der Waals surface area (Å²) in [6.45, 7) is 6.82. The molecule has 0 aliphatic heterocycles. The molecule has 0 aromatic heterocycles. The van der Waals surface area contributed by atoms with E-state index >= 15 is 0 Å². The van der Waals surface area contributed by atoms with Crippen LogP contribution in [0.3, 0.4) is 0 Å². The summed E-state index contributed by atoms with van der Waals surface area (Å²) >= 11 is 0. The maximum absolute atomic E-state index is 10.4. The Morgan fingerprint density at radius 1 is 1.21 bits per heavy atom. The highest BCUT2D eigenvalue weighted by atomic mass is 16.3. The Labute approximate surface area is 118 Å². The van der Waals surface area contributed by atoms with Crippen molar-refractivity contribution in [2.24, 2.45) is 23.7 Å². The number of rotatable bonds is 4. The minimum Gasteiger partial charge on any atom is -0.392 e. The highest BCUT2D eigenvalue weighted by Crippen LogP contribution is 2.34. The molecule has 2 aliphatic carbocycles. The third-order valence-electron chi connectivity index (χ3n) is 5.20. The normalized spacial score (nSPS) is 36.9. The number of aliphatic hydroxyl groups is 1. The van der Waals surface area contributed by atoms with E-state index in [1.165, 1.54) is 25.7 Å². The molecule has 108 valence electrons. The zero-order valence-electron chi connectivity index (χ0n) is 12.8. The smallest absolute Gasteiger partial charge is 0.0608 e. The van der Waals surface area contributed by atoms with Crippen molar-refractivity contribution in [1.29, 1.82) is 0 Å². The molecule has 5 atom stereocenters. The second-order valence-corrected chi connectivity index (χ2v) is 6.76. The average Bonchev–Trinajstić information content (AvgIpc) is 2.39. The first kappa shape index (κ1) is 14.8. The van der Waals surface area contributed by atoms with Gasteiger partial charge in [-0.3, -0.25) is 0 Å². The lowest BCUT2D eigenvalue weighted by molar-refractivity contribution is 0.0957. The summed E-state index contributed by atoms with van der Waals surface area (Å²) in [7, 11) is 0. The second-order valence-electron chi connectivity index (χ2n) is 6.76. The van der Waals surface area contributed by atoms with Gasteiger partial charge in [0.2, 0.25) is 0 Å². The van der Waals surface area contributed by atoms with Crippen molar-refractivity contribution in [3.8, 4) is 0 Å². The van der Waals surface area contributed by atoms with Crippen LogP contribution in [0.25, 0.3) is 0 Å². The van der Waals surface area contributed by atoms with E-state index in [1.54, 1.807) is 5.57 Å². The topological polar surface area (TPSA) is 20.2 Å². The first-order valence-electron chi connectivity index (χ1n) is 8.14. The molecule has 0 aromatic rings. The van der Waals surface area contributed by atoms with Crippen molar-refractivity contribution in [2.45, 2.75) is 65.4 Å². The van der Waals surface area contributed by atoms with E-state index in [9.17, 15) is 5.11 Å². The van der Waals surface area contributed by atoms with Gasteiger partial charge in [0.05, 0.1) is 6.10 Å². The molecule has 0 aromatic carbocycles. The van der Waals surface area contributed by atoms with Crippen LogP contribution in [0.2, 0.25) is 0 Å². The van der Waals surface area contributed by atoms with Crippen LogP contribution in [0.15, 0.2) is 23.8 Å². The monoisotopic (exact) mass is 262 g/mol. The van der Waals surface area contributed by atoms with E-state index in [4.69, 9.17) is 0 Å². The first-order valence-corrected chi connectivity index (χ1v) is 8.14. The molecule has 0 amide bonds. The van der Waals surface area contributed by atoms with Crippen molar-refractivity contribution >= 4 is 0 Å². The summed E-state index contributed by atoms with van der Waals surface area (Å²) in [5.74, 6) is 2.49. The summed E-state index contributed by atoms with van der Waals surface area (Å²) in [5.41, 5.74) is 1.55. The molecular formula is C18H30O. The van der Waals surface area contributed by atoms with E-state index in [2.05, 4.69) is 39.0 Å². The fourth-order valence-electron chi connectivity index (χ4n) is 3.73. The molecule has 0 saturated heterocycles. The maximum atomic E-state index is 10.4. The number of aliphatic hydroxyl groups excluding tert-OH is 1. The molecule has 1 nitrogen and oxygen atoms in total. The van der Waals surface area contributed by atoms with E-state index < -0.39 is 0 Å². The minimum atomic E-state index is -0.143. The van der Waals surface area contributed by atoms with Gasteiger partial charge in [0.1, 0.15) is 0 Å². The van der Waals surface area contributed by atoms with Gasteiger partial charge >= 0.3 is 0 Å². The van der Waals surface area contributed by atoms with Crippen molar-refractivity contribution in [1.82, 2.24) is 0 Å². The van der Waals surface area contributed by atoms with Crippen LogP contribution in [0.4, 0.5) is 0 Å². The second kappa shape index (κ2) is 6.74. The van der Waals surface area contributed by atoms with E-state index in [1.807, 2.05) is 0 Å². The van der Waals surface area contributed by atoms with Gasteiger partial charge in [-0.05, 0) is 63.2 Å². The minimum absolute atomic E-state index is 0.143. The van der Waals surface area contributed by atoms with Crippen LogP contribution < -0.4 is 0 Å². The predicted octanol–water partition coefficient (Wildman–Crippen LogP) is 4.72.